The van der Waals surface area contributed by atoms with Crippen LogP contribution < -0.4 is 0 Å². The predicted octanol–water partition coefficient (Wildman–Crippen LogP) is 4.37. The fourth-order valence-electron chi connectivity index (χ4n) is 3.31. The number of allylic oxidation sites excluding steroid dienone is 1. The van der Waals surface area contributed by atoms with Gasteiger partial charge in [-0.05, 0) is 38.5 Å². The molecule has 3 rings (SSSR count). The summed E-state index contributed by atoms with van der Waals surface area (Å²) in [5, 5.41) is 8.75. The third kappa shape index (κ3) is 4.61. The lowest BCUT2D eigenvalue weighted by molar-refractivity contribution is 0.0519. The van der Waals surface area contributed by atoms with Crippen LogP contribution in [0.25, 0.3) is 11.4 Å². The van der Waals surface area contributed by atoms with Crippen molar-refractivity contribution in [2.45, 2.75) is 32.5 Å². The number of benzene rings is 1. The summed E-state index contributed by atoms with van der Waals surface area (Å²) >= 11 is 1.20. The third-order valence-electron chi connectivity index (χ3n) is 4.67. The number of nitrogens with one attached hydrogen (secondary N) is 1. The summed E-state index contributed by atoms with van der Waals surface area (Å²) < 4.78 is 21.0. The van der Waals surface area contributed by atoms with Gasteiger partial charge in [-0.1, -0.05) is 30.0 Å². The fraction of sp³-hybridized carbons (Fsp3) is 0.273. The van der Waals surface area contributed by atoms with Crippen LogP contribution in [-0.4, -0.2) is 43.9 Å². The van der Waals surface area contributed by atoms with E-state index in [1.165, 1.54) is 17.8 Å². The van der Waals surface area contributed by atoms with Crippen molar-refractivity contribution < 1.29 is 18.7 Å². The number of aryl methyl sites for hydroxylation is 1. The van der Waals surface area contributed by atoms with Crippen molar-refractivity contribution in [2.75, 3.05) is 12.4 Å². The number of esters is 1. The Morgan fingerprint density at radius 3 is 2.71 bits per heavy atom. The number of hydrogen-bond donors (Lipinski definition) is 1. The highest BCUT2D eigenvalue weighted by Crippen LogP contribution is 2.27. The molecule has 0 aliphatic carbocycles. The van der Waals surface area contributed by atoms with Crippen molar-refractivity contribution >= 4 is 23.5 Å². The number of rotatable bonds is 9. The van der Waals surface area contributed by atoms with Crippen molar-refractivity contribution in [3.63, 3.8) is 0 Å². The first-order valence-corrected chi connectivity index (χ1v) is 10.7. The molecule has 0 aliphatic rings. The van der Waals surface area contributed by atoms with E-state index >= 15 is 0 Å². The normalized spacial score (nSPS) is 10.8. The molecule has 1 aromatic carbocycles. The molecule has 3 aromatic rings. The van der Waals surface area contributed by atoms with Crippen LogP contribution in [0.15, 0.2) is 42.1 Å². The molecule has 31 heavy (non-hydrogen) atoms. The van der Waals surface area contributed by atoms with Gasteiger partial charge in [-0.3, -0.25) is 9.36 Å². The van der Waals surface area contributed by atoms with Gasteiger partial charge in [0.2, 0.25) is 0 Å². The molecule has 2 heterocycles. The number of aromatic amines is 1. The average molecular weight is 443 g/mol. The Morgan fingerprint density at radius 2 is 2.03 bits per heavy atom. The standard InChI is InChI=1S/C22H23FN4O3S/c1-5-11-27-20(15-9-7-8-10-16(15)23)25-26-22(27)31-12-17(28)18-13(3)19(24-14(18)4)21(29)30-6-2/h5,7-10,24H,1,6,11-12H2,2-4H3. The van der Waals surface area contributed by atoms with E-state index < -0.39 is 11.8 Å². The number of hydrogen-bond acceptors (Lipinski definition) is 6. The van der Waals surface area contributed by atoms with E-state index in [0.717, 1.165) is 0 Å². The molecule has 162 valence electrons. The molecule has 0 bridgehead atoms. The second-order valence-corrected chi connectivity index (χ2v) is 7.69. The van der Waals surface area contributed by atoms with Crippen LogP contribution in [0.4, 0.5) is 4.39 Å². The minimum Gasteiger partial charge on any atom is -0.461 e. The minimum atomic E-state index is -0.491. The van der Waals surface area contributed by atoms with Gasteiger partial charge in [-0.2, -0.15) is 0 Å². The second kappa shape index (κ2) is 9.74. The van der Waals surface area contributed by atoms with Gasteiger partial charge in [0.05, 0.1) is 17.9 Å². The van der Waals surface area contributed by atoms with Gasteiger partial charge in [0.1, 0.15) is 11.5 Å². The second-order valence-electron chi connectivity index (χ2n) is 6.74. The maximum atomic E-state index is 14.2. The van der Waals surface area contributed by atoms with Crippen LogP contribution in [0.1, 0.15) is 39.0 Å². The Morgan fingerprint density at radius 1 is 1.29 bits per heavy atom. The van der Waals surface area contributed by atoms with Crippen molar-refractivity contribution in [2.24, 2.45) is 0 Å². The summed E-state index contributed by atoms with van der Waals surface area (Å²) in [6.07, 6.45) is 1.66. The largest absolute Gasteiger partial charge is 0.461 e. The predicted molar refractivity (Wildman–Crippen MR) is 117 cm³/mol. The number of halogens is 1. The molecular weight excluding hydrogens is 419 g/mol. The number of carbonyl (C=O) groups excluding carboxylic acids is 2. The lowest BCUT2D eigenvalue weighted by Crippen LogP contribution is -2.09. The molecule has 0 radical (unpaired) electrons. The van der Waals surface area contributed by atoms with Crippen LogP contribution in [0.2, 0.25) is 0 Å². The summed E-state index contributed by atoms with van der Waals surface area (Å²) in [6, 6.07) is 6.31. The molecule has 2 aromatic heterocycles. The molecule has 0 saturated heterocycles. The van der Waals surface area contributed by atoms with E-state index in [1.807, 2.05) is 0 Å². The molecule has 0 unspecified atom stereocenters. The molecule has 0 atom stereocenters. The number of ketones is 1. The van der Waals surface area contributed by atoms with Crippen molar-refractivity contribution in [1.29, 1.82) is 0 Å². The van der Waals surface area contributed by atoms with Crippen LogP contribution in [-0.2, 0) is 11.3 Å². The molecule has 7 nitrogen and oxygen atoms in total. The van der Waals surface area contributed by atoms with E-state index in [0.29, 0.717) is 39.9 Å². The average Bonchev–Trinajstić information content (AvgIpc) is 3.27. The number of nitrogens with zero attached hydrogens (tertiary/aromatic N) is 3. The van der Waals surface area contributed by atoms with E-state index in [9.17, 15) is 14.0 Å². The first kappa shape index (κ1) is 22.5. The molecule has 9 heteroatoms. The lowest BCUT2D eigenvalue weighted by atomic mass is 10.1. The number of aromatic nitrogens is 4. The van der Waals surface area contributed by atoms with Crippen molar-refractivity contribution in [3.8, 4) is 11.4 Å². The summed E-state index contributed by atoms with van der Waals surface area (Å²) in [5.74, 6) is -0.610. The zero-order valence-electron chi connectivity index (χ0n) is 17.6. The quantitative estimate of drug-likeness (QED) is 0.229. The zero-order chi connectivity index (χ0) is 22.5. The van der Waals surface area contributed by atoms with E-state index in [1.54, 1.807) is 49.6 Å². The summed E-state index contributed by atoms with van der Waals surface area (Å²) in [6.45, 7) is 9.53. The Kier molecular flexibility index (Phi) is 7.06. The maximum Gasteiger partial charge on any atom is 0.355 e. The fourth-order valence-corrected chi connectivity index (χ4v) is 4.13. The smallest absolute Gasteiger partial charge is 0.355 e. The molecule has 0 aliphatic heterocycles. The SMILES string of the molecule is C=CCn1c(SCC(=O)c2c(C)[nH]c(C(=O)OCC)c2C)nnc1-c1ccccc1F. The minimum absolute atomic E-state index is 0.0777. The van der Waals surface area contributed by atoms with Crippen LogP contribution >= 0.6 is 11.8 Å². The summed E-state index contributed by atoms with van der Waals surface area (Å²) in [4.78, 5) is 28.0. The van der Waals surface area contributed by atoms with Gasteiger partial charge in [0, 0.05) is 17.8 Å². The van der Waals surface area contributed by atoms with Crippen LogP contribution in [0.3, 0.4) is 0 Å². The molecule has 0 fully saturated rings. The Hall–Kier alpha value is -3.20. The Bertz CT molecular complexity index is 1140. The monoisotopic (exact) mass is 442 g/mol. The van der Waals surface area contributed by atoms with E-state index in [4.69, 9.17) is 4.74 Å². The van der Waals surface area contributed by atoms with Gasteiger partial charge < -0.3 is 9.72 Å². The van der Waals surface area contributed by atoms with Gasteiger partial charge in [0.25, 0.3) is 0 Å². The number of thioether (sulfide) groups is 1. The van der Waals surface area contributed by atoms with Crippen LogP contribution in [0.5, 0.6) is 0 Å². The Labute approximate surface area is 183 Å². The van der Waals surface area contributed by atoms with Crippen molar-refractivity contribution in [3.05, 3.63) is 65.3 Å². The molecular formula is C22H23FN4O3S. The van der Waals surface area contributed by atoms with Gasteiger partial charge in [0.15, 0.2) is 16.8 Å². The van der Waals surface area contributed by atoms with Crippen molar-refractivity contribution in [1.82, 2.24) is 19.7 Å². The van der Waals surface area contributed by atoms with Gasteiger partial charge in [-0.15, -0.1) is 16.8 Å². The van der Waals surface area contributed by atoms with Crippen LogP contribution in [0, 0.1) is 19.7 Å². The topological polar surface area (TPSA) is 89.9 Å². The molecule has 0 spiro atoms. The van der Waals surface area contributed by atoms with E-state index in [2.05, 4.69) is 21.8 Å². The zero-order valence-corrected chi connectivity index (χ0v) is 18.4. The number of carbonyl (C=O) groups is 2. The summed E-state index contributed by atoms with van der Waals surface area (Å²) in [5.41, 5.74) is 2.22. The summed E-state index contributed by atoms with van der Waals surface area (Å²) in [7, 11) is 0. The number of ether oxygens (including phenoxy) is 1. The number of H-pyrrole nitrogens is 1. The van der Waals surface area contributed by atoms with Gasteiger partial charge in [-0.25, -0.2) is 9.18 Å². The highest BCUT2D eigenvalue weighted by Gasteiger charge is 2.24. The number of Topliss-reactive ketones (excluding diaryl/α,β-unsaturated/α-hetero) is 1. The molecule has 0 saturated carbocycles. The highest BCUT2D eigenvalue weighted by atomic mass is 32.2. The lowest BCUT2D eigenvalue weighted by Gasteiger charge is -2.08. The first-order valence-electron chi connectivity index (χ1n) is 9.70. The molecule has 0 amide bonds. The van der Waals surface area contributed by atoms with E-state index in [-0.39, 0.29) is 23.8 Å². The molecule has 1 N–H and O–H groups in total. The first-order chi connectivity index (χ1) is 14.9. The highest BCUT2D eigenvalue weighted by molar-refractivity contribution is 7.99. The maximum absolute atomic E-state index is 14.2. The van der Waals surface area contributed by atoms with Gasteiger partial charge >= 0.3 is 5.97 Å². The Balaban J connectivity index is 1.84. The third-order valence-corrected chi connectivity index (χ3v) is 5.64.